The van der Waals surface area contributed by atoms with Gasteiger partial charge in [0.2, 0.25) is 0 Å². The minimum Gasteiger partial charge on any atom is -0.497 e. The highest BCUT2D eigenvalue weighted by Crippen LogP contribution is 2.21. The highest BCUT2D eigenvalue weighted by atomic mass is 16.5. The van der Waals surface area contributed by atoms with Crippen LogP contribution in [0.25, 0.3) is 0 Å². The molecule has 1 N–H and O–H groups in total. The zero-order valence-electron chi connectivity index (χ0n) is 18.4. The van der Waals surface area contributed by atoms with Crippen molar-refractivity contribution in [3.63, 3.8) is 0 Å². The number of methoxy groups -OCH3 is 1. The van der Waals surface area contributed by atoms with Gasteiger partial charge >= 0.3 is 0 Å². The van der Waals surface area contributed by atoms with E-state index in [0.717, 1.165) is 70.6 Å². The molecule has 6 heteroatoms. The van der Waals surface area contributed by atoms with E-state index in [1.807, 2.05) is 12.1 Å². The fourth-order valence-electron chi connectivity index (χ4n) is 4.20. The predicted molar refractivity (Wildman–Crippen MR) is 119 cm³/mol. The second kappa shape index (κ2) is 11.4. The first-order valence-corrected chi connectivity index (χ1v) is 11.1. The van der Waals surface area contributed by atoms with Crippen LogP contribution in [0.1, 0.15) is 31.7 Å². The molecule has 0 aliphatic carbocycles. The van der Waals surface area contributed by atoms with Crippen molar-refractivity contribution in [2.24, 2.45) is 16.8 Å². The summed E-state index contributed by atoms with van der Waals surface area (Å²) in [6, 6.07) is 8.44. The summed E-state index contributed by atoms with van der Waals surface area (Å²) in [5, 5.41) is 3.46. The molecule has 1 unspecified atom stereocenters. The number of benzene rings is 1. The summed E-state index contributed by atoms with van der Waals surface area (Å²) in [6.07, 6.45) is 3.61. The summed E-state index contributed by atoms with van der Waals surface area (Å²) in [4.78, 5) is 9.80. The largest absolute Gasteiger partial charge is 0.497 e. The molecule has 2 aliphatic rings. The maximum Gasteiger partial charge on any atom is 0.193 e. The van der Waals surface area contributed by atoms with Gasteiger partial charge in [-0.15, -0.1) is 0 Å². The van der Waals surface area contributed by atoms with Gasteiger partial charge in [-0.25, -0.2) is 0 Å². The standard InChI is InChI=1S/C23H38N4O2/c1-4-24-23(26(2)16-21-11-14-29-18-21)25-15-19-9-12-27(13-10-19)17-20-5-7-22(28-3)8-6-20/h5-8,19,21H,4,9-18H2,1-3H3,(H,24,25). The van der Waals surface area contributed by atoms with Gasteiger partial charge in [-0.1, -0.05) is 12.1 Å². The quantitative estimate of drug-likeness (QED) is 0.535. The first-order chi connectivity index (χ1) is 14.2. The Kier molecular flexibility index (Phi) is 8.62. The van der Waals surface area contributed by atoms with Gasteiger partial charge in [-0.2, -0.15) is 0 Å². The van der Waals surface area contributed by atoms with Crippen LogP contribution in [0, 0.1) is 11.8 Å². The smallest absolute Gasteiger partial charge is 0.193 e. The van der Waals surface area contributed by atoms with Gasteiger partial charge in [0.1, 0.15) is 5.75 Å². The van der Waals surface area contributed by atoms with Gasteiger partial charge < -0.3 is 19.7 Å². The molecule has 0 aromatic heterocycles. The van der Waals surface area contributed by atoms with E-state index in [0.29, 0.717) is 11.8 Å². The fourth-order valence-corrected chi connectivity index (χ4v) is 4.20. The summed E-state index contributed by atoms with van der Waals surface area (Å²) in [5.41, 5.74) is 1.36. The number of hydrogen-bond donors (Lipinski definition) is 1. The van der Waals surface area contributed by atoms with E-state index in [1.54, 1.807) is 7.11 Å². The first kappa shape index (κ1) is 21.9. The van der Waals surface area contributed by atoms with E-state index < -0.39 is 0 Å². The summed E-state index contributed by atoms with van der Waals surface area (Å²) in [5.74, 6) is 3.27. The van der Waals surface area contributed by atoms with Crippen molar-refractivity contribution >= 4 is 5.96 Å². The molecule has 0 amide bonds. The predicted octanol–water partition coefficient (Wildman–Crippen LogP) is 2.84. The molecule has 1 atom stereocenters. The number of aliphatic imine (C=N–C) groups is 1. The SMILES string of the molecule is CCNC(=NCC1CCN(Cc2ccc(OC)cc2)CC1)N(C)CC1CCOC1. The van der Waals surface area contributed by atoms with Crippen LogP contribution in [-0.2, 0) is 11.3 Å². The van der Waals surface area contributed by atoms with Gasteiger partial charge in [-0.3, -0.25) is 9.89 Å². The molecule has 0 saturated carbocycles. The number of ether oxygens (including phenoxy) is 2. The third-order valence-electron chi connectivity index (χ3n) is 6.02. The topological polar surface area (TPSA) is 49.3 Å². The third kappa shape index (κ3) is 6.89. The first-order valence-electron chi connectivity index (χ1n) is 11.1. The third-order valence-corrected chi connectivity index (χ3v) is 6.02. The molecule has 2 aliphatic heterocycles. The number of likely N-dealkylation sites (tertiary alicyclic amines) is 1. The minimum absolute atomic E-state index is 0.630. The molecule has 1 aromatic carbocycles. The fraction of sp³-hybridized carbons (Fsp3) is 0.696. The zero-order valence-corrected chi connectivity index (χ0v) is 18.4. The van der Waals surface area contributed by atoms with E-state index in [-0.39, 0.29) is 0 Å². The average molecular weight is 403 g/mol. The maximum absolute atomic E-state index is 5.52. The molecule has 3 rings (SSSR count). The van der Waals surface area contributed by atoms with Gasteiger partial charge in [0.25, 0.3) is 0 Å². The second-order valence-electron chi connectivity index (χ2n) is 8.37. The molecule has 2 saturated heterocycles. The second-order valence-corrected chi connectivity index (χ2v) is 8.37. The molecule has 6 nitrogen and oxygen atoms in total. The number of piperidine rings is 1. The Morgan fingerprint density at radius 3 is 2.59 bits per heavy atom. The van der Waals surface area contributed by atoms with Crippen LogP contribution in [0.2, 0.25) is 0 Å². The molecular weight excluding hydrogens is 364 g/mol. The van der Waals surface area contributed by atoms with Crippen LogP contribution in [-0.4, -0.2) is 75.9 Å². The van der Waals surface area contributed by atoms with Crippen molar-refractivity contribution in [3.8, 4) is 5.75 Å². The lowest BCUT2D eigenvalue weighted by molar-refractivity contribution is 0.179. The summed E-state index contributed by atoms with van der Waals surface area (Å²) in [6.45, 7) is 10.1. The Labute approximate surface area is 176 Å². The lowest BCUT2D eigenvalue weighted by atomic mass is 9.96. The molecule has 1 aromatic rings. The van der Waals surface area contributed by atoms with Crippen molar-refractivity contribution in [1.82, 2.24) is 15.1 Å². The van der Waals surface area contributed by atoms with Crippen molar-refractivity contribution < 1.29 is 9.47 Å². The Morgan fingerprint density at radius 2 is 1.97 bits per heavy atom. The van der Waals surface area contributed by atoms with E-state index in [4.69, 9.17) is 14.5 Å². The van der Waals surface area contributed by atoms with Crippen LogP contribution in [0.15, 0.2) is 29.3 Å². The van der Waals surface area contributed by atoms with Crippen molar-refractivity contribution in [2.75, 3.05) is 60.1 Å². The van der Waals surface area contributed by atoms with Crippen molar-refractivity contribution in [2.45, 2.75) is 32.7 Å². The maximum atomic E-state index is 5.52. The van der Waals surface area contributed by atoms with Gasteiger partial charge in [0, 0.05) is 45.8 Å². The van der Waals surface area contributed by atoms with Crippen LogP contribution in [0.5, 0.6) is 5.75 Å². The molecule has 29 heavy (non-hydrogen) atoms. The molecular formula is C23H38N4O2. The van der Waals surface area contributed by atoms with Crippen LogP contribution in [0.4, 0.5) is 0 Å². The highest BCUT2D eigenvalue weighted by Gasteiger charge is 2.21. The number of rotatable bonds is 8. The van der Waals surface area contributed by atoms with E-state index in [2.05, 4.69) is 41.2 Å². The molecule has 2 fully saturated rings. The minimum atomic E-state index is 0.630. The van der Waals surface area contributed by atoms with Crippen LogP contribution < -0.4 is 10.1 Å². The average Bonchev–Trinajstić information content (AvgIpc) is 3.25. The van der Waals surface area contributed by atoms with Crippen molar-refractivity contribution in [3.05, 3.63) is 29.8 Å². The van der Waals surface area contributed by atoms with Crippen LogP contribution in [0.3, 0.4) is 0 Å². The Morgan fingerprint density at radius 1 is 1.21 bits per heavy atom. The molecule has 0 radical (unpaired) electrons. The Hall–Kier alpha value is -1.79. The van der Waals surface area contributed by atoms with Gasteiger partial charge in [0.15, 0.2) is 5.96 Å². The molecule has 0 bridgehead atoms. The normalized spacial score (nSPS) is 21.3. The molecule has 162 valence electrons. The Balaban J connectivity index is 1.43. The monoisotopic (exact) mass is 402 g/mol. The summed E-state index contributed by atoms with van der Waals surface area (Å²) >= 11 is 0. The lowest BCUT2D eigenvalue weighted by Gasteiger charge is -2.32. The molecule has 0 spiro atoms. The lowest BCUT2D eigenvalue weighted by Crippen LogP contribution is -2.42. The Bertz CT molecular complexity index is 620. The zero-order chi connectivity index (χ0) is 20.5. The van der Waals surface area contributed by atoms with E-state index in [1.165, 1.54) is 18.4 Å². The number of nitrogens with one attached hydrogen (secondary N) is 1. The molecule has 2 heterocycles. The van der Waals surface area contributed by atoms with Crippen molar-refractivity contribution in [1.29, 1.82) is 0 Å². The van der Waals surface area contributed by atoms with Gasteiger partial charge in [-0.05, 0) is 62.9 Å². The van der Waals surface area contributed by atoms with E-state index >= 15 is 0 Å². The summed E-state index contributed by atoms with van der Waals surface area (Å²) < 4.78 is 10.8. The van der Waals surface area contributed by atoms with Gasteiger partial charge in [0.05, 0.1) is 13.7 Å². The number of hydrogen-bond acceptors (Lipinski definition) is 4. The van der Waals surface area contributed by atoms with Crippen LogP contribution >= 0.6 is 0 Å². The highest BCUT2D eigenvalue weighted by molar-refractivity contribution is 5.79. The number of nitrogens with zero attached hydrogens (tertiary/aromatic N) is 3. The summed E-state index contributed by atoms with van der Waals surface area (Å²) in [7, 11) is 3.86. The van der Waals surface area contributed by atoms with E-state index in [9.17, 15) is 0 Å². The number of guanidine groups is 1.